The van der Waals surface area contributed by atoms with E-state index in [1.807, 2.05) is 24.3 Å². The minimum Gasteiger partial charge on any atom is -0.482 e. The van der Waals surface area contributed by atoms with Crippen LogP contribution >= 0.6 is 0 Å². The molecule has 0 saturated carbocycles. The number of carbonyl (C=O) groups excluding carboxylic acids is 2. The highest BCUT2D eigenvalue weighted by atomic mass is 16.6. The van der Waals surface area contributed by atoms with Crippen molar-refractivity contribution in [3.8, 4) is 11.5 Å². The summed E-state index contributed by atoms with van der Waals surface area (Å²) >= 11 is 0. The van der Waals surface area contributed by atoms with Crippen LogP contribution in [0.4, 0.5) is 0 Å². The van der Waals surface area contributed by atoms with E-state index in [2.05, 4.69) is 13.8 Å². The number of benzene rings is 2. The summed E-state index contributed by atoms with van der Waals surface area (Å²) in [6.07, 6.45) is 1.89. The fourth-order valence-corrected chi connectivity index (χ4v) is 2.94. The molecule has 1 aliphatic heterocycles. The van der Waals surface area contributed by atoms with Gasteiger partial charge in [0.1, 0.15) is 18.1 Å². The minimum absolute atomic E-state index is 0.0132. The molecule has 1 unspecified atom stereocenters. The normalized spacial score (nSPS) is 15.9. The Morgan fingerprint density at radius 3 is 2.34 bits per heavy atom. The molecule has 0 amide bonds. The Bertz CT molecular complexity index is 804. The molecular formula is C23H26O6. The average molecular weight is 398 g/mol. The van der Waals surface area contributed by atoms with E-state index in [9.17, 15) is 9.59 Å². The molecular weight excluding hydrogens is 372 g/mol. The smallest absolute Gasteiger partial charge is 0.349 e. The van der Waals surface area contributed by atoms with Crippen LogP contribution in [0.25, 0.3) is 0 Å². The predicted octanol–water partition coefficient (Wildman–Crippen LogP) is 4.13. The first-order valence-corrected chi connectivity index (χ1v) is 9.83. The van der Waals surface area contributed by atoms with Gasteiger partial charge in [-0.05, 0) is 60.7 Å². The summed E-state index contributed by atoms with van der Waals surface area (Å²) in [6, 6.07) is 13.8. The maximum atomic E-state index is 12.1. The SMILES string of the molecule is CC(C)c1ccc(OCC(=O)Oc2ccc(C(=O)OCC3CCCO3)cc2)cc1. The van der Waals surface area contributed by atoms with Crippen LogP contribution in [0.1, 0.15) is 48.5 Å². The Hall–Kier alpha value is -2.86. The van der Waals surface area contributed by atoms with Gasteiger partial charge in [-0.3, -0.25) is 0 Å². The zero-order chi connectivity index (χ0) is 20.6. The third-order valence-electron chi connectivity index (χ3n) is 4.65. The molecule has 1 heterocycles. The molecule has 6 heteroatoms. The van der Waals surface area contributed by atoms with Crippen LogP contribution in [-0.4, -0.2) is 37.9 Å². The van der Waals surface area contributed by atoms with Crippen LogP contribution in [0.5, 0.6) is 11.5 Å². The molecule has 1 saturated heterocycles. The summed E-state index contributed by atoms with van der Waals surface area (Å²) in [4.78, 5) is 24.0. The monoisotopic (exact) mass is 398 g/mol. The van der Waals surface area contributed by atoms with Crippen LogP contribution in [-0.2, 0) is 14.3 Å². The van der Waals surface area contributed by atoms with Crippen molar-refractivity contribution >= 4 is 11.9 Å². The number of hydrogen-bond acceptors (Lipinski definition) is 6. The fraction of sp³-hybridized carbons (Fsp3) is 0.391. The third kappa shape index (κ3) is 6.32. The van der Waals surface area contributed by atoms with Crippen molar-refractivity contribution in [2.45, 2.75) is 38.7 Å². The molecule has 0 spiro atoms. The third-order valence-corrected chi connectivity index (χ3v) is 4.65. The number of esters is 2. The van der Waals surface area contributed by atoms with Gasteiger partial charge in [-0.2, -0.15) is 0 Å². The Labute approximate surface area is 170 Å². The molecule has 1 atom stereocenters. The van der Waals surface area contributed by atoms with Gasteiger partial charge in [-0.25, -0.2) is 9.59 Å². The second-order valence-electron chi connectivity index (χ2n) is 7.24. The van der Waals surface area contributed by atoms with E-state index in [0.29, 0.717) is 23.0 Å². The minimum atomic E-state index is -0.522. The maximum Gasteiger partial charge on any atom is 0.349 e. The van der Waals surface area contributed by atoms with Crippen LogP contribution in [0, 0.1) is 0 Å². The molecule has 0 radical (unpaired) electrons. The molecule has 29 heavy (non-hydrogen) atoms. The quantitative estimate of drug-likeness (QED) is 0.492. The van der Waals surface area contributed by atoms with Crippen molar-refractivity contribution in [2.75, 3.05) is 19.8 Å². The van der Waals surface area contributed by atoms with Crippen molar-refractivity contribution in [3.05, 3.63) is 59.7 Å². The van der Waals surface area contributed by atoms with E-state index in [1.165, 1.54) is 5.56 Å². The largest absolute Gasteiger partial charge is 0.482 e. The molecule has 1 aliphatic rings. The molecule has 0 aromatic heterocycles. The Balaban J connectivity index is 1.43. The lowest BCUT2D eigenvalue weighted by molar-refractivity contribution is -0.136. The van der Waals surface area contributed by atoms with Gasteiger partial charge in [0.25, 0.3) is 0 Å². The summed E-state index contributed by atoms with van der Waals surface area (Å²) in [6.45, 7) is 5.00. The Kier molecular flexibility index (Phi) is 7.25. The summed E-state index contributed by atoms with van der Waals surface area (Å²) in [5, 5.41) is 0. The lowest BCUT2D eigenvalue weighted by Crippen LogP contribution is -2.18. The van der Waals surface area contributed by atoms with Crippen LogP contribution in [0.15, 0.2) is 48.5 Å². The second-order valence-corrected chi connectivity index (χ2v) is 7.24. The topological polar surface area (TPSA) is 71.1 Å². The summed E-state index contributed by atoms with van der Waals surface area (Å²) in [7, 11) is 0. The lowest BCUT2D eigenvalue weighted by Gasteiger charge is -2.11. The molecule has 0 N–H and O–H groups in total. The highest BCUT2D eigenvalue weighted by Crippen LogP contribution is 2.19. The fourth-order valence-electron chi connectivity index (χ4n) is 2.94. The van der Waals surface area contributed by atoms with Gasteiger partial charge >= 0.3 is 11.9 Å². The van der Waals surface area contributed by atoms with E-state index < -0.39 is 11.9 Å². The Morgan fingerprint density at radius 2 is 1.72 bits per heavy atom. The molecule has 3 rings (SSSR count). The van der Waals surface area contributed by atoms with Gasteiger partial charge < -0.3 is 18.9 Å². The van der Waals surface area contributed by atoms with Crippen LogP contribution < -0.4 is 9.47 Å². The van der Waals surface area contributed by atoms with E-state index in [-0.39, 0.29) is 19.3 Å². The zero-order valence-corrected chi connectivity index (χ0v) is 16.8. The van der Waals surface area contributed by atoms with E-state index in [4.69, 9.17) is 18.9 Å². The summed E-state index contributed by atoms with van der Waals surface area (Å²) in [5.74, 6) is 0.434. The van der Waals surface area contributed by atoms with Crippen LogP contribution in [0.2, 0.25) is 0 Å². The van der Waals surface area contributed by atoms with Gasteiger partial charge in [-0.1, -0.05) is 26.0 Å². The first-order chi connectivity index (χ1) is 14.0. The standard InChI is InChI=1S/C23H26O6/c1-16(2)17-5-9-19(10-6-17)27-15-22(24)29-20-11-7-18(8-12-20)23(25)28-14-21-4-3-13-26-21/h5-12,16,21H,3-4,13-15H2,1-2H3. The van der Waals surface area contributed by atoms with E-state index in [1.54, 1.807) is 24.3 Å². The first kappa shape index (κ1) is 20.9. The summed E-state index contributed by atoms with van der Waals surface area (Å²) in [5.41, 5.74) is 1.60. The molecule has 0 aliphatic carbocycles. The lowest BCUT2D eigenvalue weighted by atomic mass is 10.0. The van der Waals surface area contributed by atoms with Crippen molar-refractivity contribution in [1.29, 1.82) is 0 Å². The highest BCUT2D eigenvalue weighted by molar-refractivity contribution is 5.89. The van der Waals surface area contributed by atoms with Crippen LogP contribution in [0.3, 0.4) is 0 Å². The highest BCUT2D eigenvalue weighted by Gasteiger charge is 2.18. The maximum absolute atomic E-state index is 12.1. The van der Waals surface area contributed by atoms with Gasteiger partial charge in [0.05, 0.1) is 11.7 Å². The zero-order valence-electron chi connectivity index (χ0n) is 16.8. The number of hydrogen-bond donors (Lipinski definition) is 0. The van der Waals surface area contributed by atoms with Crippen molar-refractivity contribution in [2.24, 2.45) is 0 Å². The van der Waals surface area contributed by atoms with Crippen molar-refractivity contribution in [3.63, 3.8) is 0 Å². The predicted molar refractivity (Wildman–Crippen MR) is 107 cm³/mol. The van der Waals surface area contributed by atoms with Crippen molar-refractivity contribution in [1.82, 2.24) is 0 Å². The Morgan fingerprint density at radius 1 is 1.03 bits per heavy atom. The number of rotatable bonds is 8. The van der Waals surface area contributed by atoms with Gasteiger partial charge in [-0.15, -0.1) is 0 Å². The van der Waals surface area contributed by atoms with Gasteiger partial charge in [0, 0.05) is 6.61 Å². The average Bonchev–Trinajstić information content (AvgIpc) is 3.25. The molecule has 1 fully saturated rings. The number of ether oxygens (including phenoxy) is 4. The molecule has 6 nitrogen and oxygen atoms in total. The van der Waals surface area contributed by atoms with Crippen molar-refractivity contribution < 1.29 is 28.5 Å². The number of carbonyl (C=O) groups is 2. The molecule has 154 valence electrons. The summed E-state index contributed by atoms with van der Waals surface area (Å²) < 4.78 is 21.4. The van der Waals surface area contributed by atoms with Gasteiger partial charge in [0.2, 0.25) is 0 Å². The second kappa shape index (κ2) is 10.1. The van der Waals surface area contributed by atoms with Gasteiger partial charge in [0.15, 0.2) is 6.61 Å². The molecule has 0 bridgehead atoms. The first-order valence-electron chi connectivity index (χ1n) is 9.83. The van der Waals surface area contributed by atoms with E-state index in [0.717, 1.165) is 19.4 Å². The molecule has 2 aromatic rings. The van der Waals surface area contributed by atoms with E-state index >= 15 is 0 Å². The molecule has 2 aromatic carbocycles.